The third kappa shape index (κ3) is 2.38. The van der Waals surface area contributed by atoms with Crippen molar-refractivity contribution in [3.8, 4) is 10.4 Å². The Kier molecular flexibility index (Phi) is 3.95. The van der Waals surface area contributed by atoms with Gasteiger partial charge >= 0.3 is 5.97 Å². The molecule has 0 unspecified atom stereocenters. The summed E-state index contributed by atoms with van der Waals surface area (Å²) in [7, 11) is 0. The summed E-state index contributed by atoms with van der Waals surface area (Å²) in [5.74, 6) is 0.542. The lowest BCUT2D eigenvalue weighted by Gasteiger charge is -1.99. The number of hydrogen-bond acceptors (Lipinski definition) is 5. The molecule has 102 valence electrons. The van der Waals surface area contributed by atoms with Crippen molar-refractivity contribution in [2.45, 2.75) is 27.2 Å². The third-order valence-electron chi connectivity index (χ3n) is 2.97. The van der Waals surface area contributed by atoms with Crippen molar-refractivity contribution in [1.29, 1.82) is 0 Å². The summed E-state index contributed by atoms with van der Waals surface area (Å²) < 4.78 is 10.4. The Labute approximate surface area is 116 Å². The average Bonchev–Trinajstić information content (AvgIpc) is 2.96. The van der Waals surface area contributed by atoms with E-state index in [0.717, 1.165) is 28.2 Å². The second kappa shape index (κ2) is 5.48. The van der Waals surface area contributed by atoms with Crippen LogP contribution in [0.1, 0.15) is 34.8 Å². The summed E-state index contributed by atoms with van der Waals surface area (Å²) in [6.07, 6.45) is 2.46. The van der Waals surface area contributed by atoms with Gasteiger partial charge in [-0.05, 0) is 25.5 Å². The van der Waals surface area contributed by atoms with E-state index in [0.29, 0.717) is 17.2 Å². The highest BCUT2D eigenvalue weighted by atomic mass is 32.1. The van der Waals surface area contributed by atoms with E-state index in [1.165, 1.54) is 11.3 Å². The third-order valence-corrected chi connectivity index (χ3v) is 4.29. The van der Waals surface area contributed by atoms with E-state index in [2.05, 4.69) is 0 Å². The molecule has 0 fully saturated rings. The maximum absolute atomic E-state index is 11.8. The standard InChI is InChI=1S/C14H17NO3S/c1-4-10-9(6-7-18-10)12-8(3)11(15)13(19-12)14(16)17-5-2/h6-7H,4-5,15H2,1-3H3. The number of hydrogen-bond donors (Lipinski definition) is 1. The van der Waals surface area contributed by atoms with Gasteiger partial charge in [0.2, 0.25) is 0 Å². The van der Waals surface area contributed by atoms with Gasteiger partial charge in [0.1, 0.15) is 10.6 Å². The maximum Gasteiger partial charge on any atom is 0.350 e. The molecule has 0 aliphatic carbocycles. The number of furan rings is 1. The van der Waals surface area contributed by atoms with Crippen LogP contribution in [0.15, 0.2) is 16.7 Å². The summed E-state index contributed by atoms with van der Waals surface area (Å²) >= 11 is 1.36. The molecule has 0 saturated carbocycles. The molecule has 0 spiro atoms. The van der Waals surface area contributed by atoms with E-state index < -0.39 is 0 Å². The number of carbonyl (C=O) groups excluding carboxylic acids is 1. The van der Waals surface area contributed by atoms with E-state index in [1.54, 1.807) is 13.2 Å². The summed E-state index contributed by atoms with van der Waals surface area (Å²) in [5.41, 5.74) is 8.43. The second-order valence-electron chi connectivity index (χ2n) is 4.13. The number of carbonyl (C=O) groups is 1. The molecule has 0 atom stereocenters. The number of rotatable bonds is 4. The molecule has 0 aliphatic rings. The van der Waals surface area contributed by atoms with Gasteiger partial charge in [0.15, 0.2) is 0 Å². The molecule has 19 heavy (non-hydrogen) atoms. The molecule has 5 heteroatoms. The Hall–Kier alpha value is -1.75. The van der Waals surface area contributed by atoms with Gasteiger partial charge in [0, 0.05) is 16.9 Å². The van der Waals surface area contributed by atoms with Crippen molar-refractivity contribution in [2.75, 3.05) is 12.3 Å². The molecular formula is C14H17NO3S. The SMILES string of the molecule is CCOC(=O)c1sc(-c2ccoc2CC)c(C)c1N. The Morgan fingerprint density at radius 3 is 2.84 bits per heavy atom. The summed E-state index contributed by atoms with van der Waals surface area (Å²) in [4.78, 5) is 13.3. The molecule has 0 saturated heterocycles. The zero-order chi connectivity index (χ0) is 14.0. The van der Waals surface area contributed by atoms with Gasteiger partial charge in [-0.1, -0.05) is 6.92 Å². The number of thiophene rings is 1. The van der Waals surface area contributed by atoms with E-state index in [1.807, 2.05) is 19.9 Å². The Balaban J connectivity index is 2.49. The van der Waals surface area contributed by atoms with E-state index in [4.69, 9.17) is 14.9 Å². The van der Waals surface area contributed by atoms with Crippen molar-refractivity contribution in [3.63, 3.8) is 0 Å². The first kappa shape index (κ1) is 13.7. The fourth-order valence-corrected chi connectivity index (χ4v) is 3.11. The van der Waals surface area contributed by atoms with Crippen LogP contribution in [0.2, 0.25) is 0 Å². The Morgan fingerprint density at radius 1 is 1.47 bits per heavy atom. The highest BCUT2D eigenvalue weighted by Crippen LogP contribution is 2.40. The van der Waals surface area contributed by atoms with Crippen molar-refractivity contribution in [1.82, 2.24) is 0 Å². The number of anilines is 1. The molecule has 2 aromatic heterocycles. The van der Waals surface area contributed by atoms with Crippen molar-refractivity contribution >= 4 is 23.0 Å². The molecule has 2 aromatic rings. The van der Waals surface area contributed by atoms with Crippen LogP contribution >= 0.6 is 11.3 Å². The van der Waals surface area contributed by atoms with E-state index in [9.17, 15) is 4.79 Å². The molecular weight excluding hydrogens is 262 g/mol. The quantitative estimate of drug-likeness (QED) is 0.868. The molecule has 0 radical (unpaired) electrons. The van der Waals surface area contributed by atoms with Crippen molar-refractivity contribution in [3.05, 3.63) is 28.5 Å². The average molecular weight is 279 g/mol. The predicted octanol–water partition coefficient (Wildman–Crippen LogP) is 3.64. The molecule has 2 N–H and O–H groups in total. The zero-order valence-electron chi connectivity index (χ0n) is 11.3. The van der Waals surface area contributed by atoms with Crippen LogP contribution in [0.5, 0.6) is 0 Å². The van der Waals surface area contributed by atoms with Gasteiger partial charge in [-0.2, -0.15) is 0 Å². The largest absolute Gasteiger partial charge is 0.469 e. The zero-order valence-corrected chi connectivity index (χ0v) is 12.1. The highest BCUT2D eigenvalue weighted by Gasteiger charge is 2.22. The minimum absolute atomic E-state index is 0.344. The molecule has 0 amide bonds. The smallest absolute Gasteiger partial charge is 0.350 e. The first-order chi connectivity index (χ1) is 9.10. The number of nitrogens with two attached hydrogens (primary N) is 1. The van der Waals surface area contributed by atoms with Crippen LogP contribution in [0.3, 0.4) is 0 Å². The highest BCUT2D eigenvalue weighted by molar-refractivity contribution is 7.18. The predicted molar refractivity (Wildman–Crippen MR) is 76.5 cm³/mol. The van der Waals surface area contributed by atoms with E-state index in [-0.39, 0.29) is 5.97 Å². The second-order valence-corrected chi connectivity index (χ2v) is 5.15. The molecule has 2 rings (SSSR count). The Bertz CT molecular complexity index is 598. The van der Waals surface area contributed by atoms with Gasteiger partial charge in [0.25, 0.3) is 0 Å². The maximum atomic E-state index is 11.8. The number of nitrogen functional groups attached to an aromatic ring is 1. The van der Waals surface area contributed by atoms with Gasteiger partial charge in [-0.15, -0.1) is 11.3 Å². The summed E-state index contributed by atoms with van der Waals surface area (Å²) in [6, 6.07) is 1.91. The number of aryl methyl sites for hydroxylation is 1. The van der Waals surface area contributed by atoms with Gasteiger partial charge in [0.05, 0.1) is 18.6 Å². The first-order valence-electron chi connectivity index (χ1n) is 6.22. The van der Waals surface area contributed by atoms with Crippen LogP contribution < -0.4 is 5.73 Å². The van der Waals surface area contributed by atoms with Gasteiger partial charge in [-0.3, -0.25) is 0 Å². The van der Waals surface area contributed by atoms with Crippen LogP contribution in [-0.4, -0.2) is 12.6 Å². The number of ether oxygens (including phenoxy) is 1. The number of esters is 1. The minimum atomic E-state index is -0.360. The molecule has 4 nitrogen and oxygen atoms in total. The normalized spacial score (nSPS) is 10.7. The molecule has 0 aliphatic heterocycles. The molecule has 2 heterocycles. The fraction of sp³-hybridized carbons (Fsp3) is 0.357. The Morgan fingerprint density at radius 2 is 2.21 bits per heavy atom. The van der Waals surface area contributed by atoms with Gasteiger partial charge in [-0.25, -0.2) is 4.79 Å². The lowest BCUT2D eigenvalue weighted by Crippen LogP contribution is -2.05. The minimum Gasteiger partial charge on any atom is -0.469 e. The van der Waals surface area contributed by atoms with Crippen LogP contribution in [0.25, 0.3) is 10.4 Å². The lowest BCUT2D eigenvalue weighted by atomic mass is 10.1. The van der Waals surface area contributed by atoms with Crippen LogP contribution in [0.4, 0.5) is 5.69 Å². The van der Waals surface area contributed by atoms with Crippen LogP contribution in [0, 0.1) is 6.92 Å². The lowest BCUT2D eigenvalue weighted by molar-refractivity contribution is 0.0533. The molecule has 0 bridgehead atoms. The van der Waals surface area contributed by atoms with Crippen molar-refractivity contribution < 1.29 is 13.9 Å². The first-order valence-corrected chi connectivity index (χ1v) is 7.04. The topological polar surface area (TPSA) is 65.5 Å². The van der Waals surface area contributed by atoms with Crippen LogP contribution in [-0.2, 0) is 11.2 Å². The summed E-state index contributed by atoms with van der Waals surface area (Å²) in [5, 5.41) is 0. The van der Waals surface area contributed by atoms with Crippen molar-refractivity contribution in [2.24, 2.45) is 0 Å². The fourth-order valence-electron chi connectivity index (χ4n) is 1.95. The summed E-state index contributed by atoms with van der Waals surface area (Å²) in [6.45, 7) is 6.06. The monoisotopic (exact) mass is 279 g/mol. The van der Waals surface area contributed by atoms with E-state index >= 15 is 0 Å². The molecule has 0 aromatic carbocycles. The van der Waals surface area contributed by atoms with Gasteiger partial charge < -0.3 is 14.9 Å².